The Balaban J connectivity index is 1.57. The summed E-state index contributed by atoms with van der Waals surface area (Å²) in [5.74, 6) is -2.22. The summed E-state index contributed by atoms with van der Waals surface area (Å²) < 4.78 is 83.0. The largest absolute Gasteiger partial charge is 0.463 e. The first-order valence-corrected chi connectivity index (χ1v) is 18.4. The van der Waals surface area contributed by atoms with Crippen molar-refractivity contribution in [2.45, 2.75) is 120 Å². The molecule has 2 aromatic carbocycles. The van der Waals surface area contributed by atoms with Crippen LogP contribution in [0.5, 0.6) is 0 Å². The number of hydrogen-bond donors (Lipinski definition) is 3. The highest BCUT2D eigenvalue weighted by molar-refractivity contribution is 7.89. The molecule has 1 saturated carbocycles. The molecular formula is C36H48F3N3O9S. The highest BCUT2D eigenvalue weighted by Gasteiger charge is 2.33. The molecule has 2 aromatic rings. The molecule has 0 bridgehead atoms. The van der Waals surface area contributed by atoms with Gasteiger partial charge in [0.2, 0.25) is 15.9 Å². The second-order valence-electron chi connectivity index (χ2n) is 14.6. The number of alkyl halides is 3. The number of amides is 2. The van der Waals surface area contributed by atoms with Crippen LogP contribution >= 0.6 is 0 Å². The summed E-state index contributed by atoms with van der Waals surface area (Å²) in [4.78, 5) is 51.2. The summed E-state index contributed by atoms with van der Waals surface area (Å²) in [6.45, 7) is 9.77. The van der Waals surface area contributed by atoms with Gasteiger partial charge in [-0.05, 0) is 103 Å². The summed E-state index contributed by atoms with van der Waals surface area (Å²) in [5.41, 5.74) is -1.97. The average molecular weight is 756 g/mol. The second kappa shape index (κ2) is 17.6. The molecule has 3 rings (SSSR count). The number of ether oxygens (including phenoxy) is 3. The molecular weight excluding hydrogens is 707 g/mol. The van der Waals surface area contributed by atoms with Gasteiger partial charge >= 0.3 is 24.2 Å². The summed E-state index contributed by atoms with van der Waals surface area (Å²) in [7, 11) is -4.09. The molecule has 52 heavy (non-hydrogen) atoms. The van der Waals surface area contributed by atoms with Gasteiger partial charge in [0.05, 0.1) is 16.5 Å². The maximum Gasteiger partial charge on any atom is 0.416 e. The molecule has 0 spiro atoms. The number of nitrogens with one attached hydrogen (secondary N) is 3. The third-order valence-corrected chi connectivity index (χ3v) is 9.40. The quantitative estimate of drug-likeness (QED) is 0.165. The van der Waals surface area contributed by atoms with Crippen molar-refractivity contribution >= 4 is 34.0 Å². The zero-order valence-electron chi connectivity index (χ0n) is 30.2. The standard InChI is InChI=1S/C36H48F3N3O9S/c1-34(2,3)50-32(45)28(41-33(46)51-35(4,5)6)20-21-30(43)49-22-29(23-10-8-7-9-11-23)40-31(44)24-12-16-26(17-13-24)42-52(47,48)27-18-14-25(15-19-27)36(37,38)39/h7-11,14-15,18-19,24,26,28-29,42H,12-13,16-17,20-22H2,1-6H3,(H,40,44)(H,41,46)/t24?,26?,28-,29+/m0/s1. The van der Waals surface area contributed by atoms with Crippen molar-refractivity contribution in [1.82, 2.24) is 15.4 Å². The first-order valence-electron chi connectivity index (χ1n) is 17.0. The third-order valence-electron chi connectivity index (χ3n) is 7.86. The molecule has 2 amide bonds. The van der Waals surface area contributed by atoms with Crippen LogP contribution in [0.1, 0.15) is 97.2 Å². The van der Waals surface area contributed by atoms with Crippen molar-refractivity contribution in [1.29, 1.82) is 0 Å². The van der Waals surface area contributed by atoms with Crippen LogP contribution in [0.3, 0.4) is 0 Å². The smallest absolute Gasteiger partial charge is 0.416 e. The van der Waals surface area contributed by atoms with E-state index < -0.39 is 75.0 Å². The lowest BCUT2D eigenvalue weighted by molar-refractivity contribution is -0.158. The molecule has 3 N–H and O–H groups in total. The number of carbonyl (C=O) groups is 4. The van der Waals surface area contributed by atoms with E-state index in [1.54, 1.807) is 71.9 Å². The summed E-state index contributed by atoms with van der Waals surface area (Å²) in [6.07, 6.45) is -4.53. The molecule has 1 aliphatic carbocycles. The number of rotatable bonds is 13. The Labute approximate surface area is 302 Å². The van der Waals surface area contributed by atoms with Crippen LogP contribution < -0.4 is 15.4 Å². The number of benzene rings is 2. The van der Waals surface area contributed by atoms with E-state index in [1.165, 1.54) is 0 Å². The van der Waals surface area contributed by atoms with Gasteiger partial charge in [-0.1, -0.05) is 30.3 Å². The molecule has 2 atom stereocenters. The Morgan fingerprint density at radius 3 is 1.92 bits per heavy atom. The van der Waals surface area contributed by atoms with Crippen LogP contribution in [-0.4, -0.2) is 62.2 Å². The molecule has 0 heterocycles. The van der Waals surface area contributed by atoms with Gasteiger partial charge in [-0.3, -0.25) is 9.59 Å². The molecule has 0 aliphatic heterocycles. The van der Waals surface area contributed by atoms with Crippen molar-refractivity contribution in [2.24, 2.45) is 5.92 Å². The number of esters is 2. The van der Waals surface area contributed by atoms with Crippen molar-refractivity contribution in [2.75, 3.05) is 6.61 Å². The van der Waals surface area contributed by atoms with Crippen LogP contribution in [0.15, 0.2) is 59.5 Å². The van der Waals surface area contributed by atoms with E-state index in [1.807, 2.05) is 0 Å². The first-order chi connectivity index (χ1) is 24.0. The predicted molar refractivity (Wildman–Crippen MR) is 184 cm³/mol. The number of alkyl carbamates (subject to hydrolysis) is 1. The van der Waals surface area contributed by atoms with Gasteiger partial charge in [0.1, 0.15) is 23.9 Å². The number of carbonyl (C=O) groups excluding carboxylic acids is 4. The minimum Gasteiger partial charge on any atom is -0.463 e. The van der Waals surface area contributed by atoms with Gasteiger partial charge in [-0.2, -0.15) is 13.2 Å². The predicted octanol–water partition coefficient (Wildman–Crippen LogP) is 5.96. The fourth-order valence-corrected chi connectivity index (χ4v) is 6.67. The van der Waals surface area contributed by atoms with Crippen molar-refractivity contribution < 1.29 is 55.0 Å². The lowest BCUT2D eigenvalue weighted by Gasteiger charge is -2.29. The van der Waals surface area contributed by atoms with Crippen molar-refractivity contribution in [3.05, 3.63) is 65.7 Å². The van der Waals surface area contributed by atoms with Gasteiger partial charge in [0, 0.05) is 18.4 Å². The molecule has 0 unspecified atom stereocenters. The number of sulfonamides is 1. The van der Waals surface area contributed by atoms with Crippen LogP contribution in [0.4, 0.5) is 18.0 Å². The molecule has 1 aliphatic rings. The monoisotopic (exact) mass is 755 g/mol. The Hall–Kier alpha value is -4.18. The maximum absolute atomic E-state index is 13.4. The second-order valence-corrected chi connectivity index (χ2v) is 16.3. The van der Waals surface area contributed by atoms with Crippen LogP contribution in [0, 0.1) is 5.92 Å². The lowest BCUT2D eigenvalue weighted by Crippen LogP contribution is -2.46. The summed E-state index contributed by atoms with van der Waals surface area (Å²) >= 11 is 0. The minimum absolute atomic E-state index is 0.138. The van der Waals surface area contributed by atoms with Gasteiger partial charge in [-0.25, -0.2) is 22.7 Å². The van der Waals surface area contributed by atoms with E-state index in [0.29, 0.717) is 43.4 Å². The SMILES string of the molecule is CC(C)(C)OC(=O)N[C@@H](CCC(=O)OC[C@@H](NC(=O)C1CCC(NS(=O)(=O)c2ccc(C(F)(F)F)cc2)CC1)c1ccccc1)C(=O)OC(C)(C)C. The maximum atomic E-state index is 13.4. The number of halogens is 3. The van der Waals surface area contributed by atoms with Gasteiger partial charge in [-0.15, -0.1) is 0 Å². The van der Waals surface area contributed by atoms with Crippen molar-refractivity contribution in [3.8, 4) is 0 Å². The molecule has 0 saturated heterocycles. The average Bonchev–Trinajstić information content (AvgIpc) is 3.03. The normalized spacial score (nSPS) is 18.0. The molecule has 16 heteroatoms. The van der Waals surface area contributed by atoms with E-state index in [0.717, 1.165) is 12.1 Å². The molecule has 1 fully saturated rings. The zero-order chi connectivity index (χ0) is 38.9. The highest BCUT2D eigenvalue weighted by Crippen LogP contribution is 2.31. The Morgan fingerprint density at radius 2 is 1.38 bits per heavy atom. The molecule has 288 valence electrons. The summed E-state index contributed by atoms with van der Waals surface area (Å²) in [6, 6.07) is 9.62. The highest BCUT2D eigenvalue weighted by atomic mass is 32.2. The van der Waals surface area contributed by atoms with Crippen LogP contribution in [0.25, 0.3) is 0 Å². The van der Waals surface area contributed by atoms with E-state index in [-0.39, 0.29) is 30.3 Å². The van der Waals surface area contributed by atoms with E-state index in [2.05, 4.69) is 15.4 Å². The first kappa shape index (κ1) is 42.2. The van der Waals surface area contributed by atoms with Crippen molar-refractivity contribution in [3.63, 3.8) is 0 Å². The molecule has 0 aromatic heterocycles. The molecule has 12 nitrogen and oxygen atoms in total. The fraction of sp³-hybridized carbons (Fsp3) is 0.556. The van der Waals surface area contributed by atoms with Gasteiger partial charge < -0.3 is 24.8 Å². The van der Waals surface area contributed by atoms with E-state index in [4.69, 9.17) is 14.2 Å². The Kier molecular flexibility index (Phi) is 14.3. The Morgan fingerprint density at radius 1 is 0.808 bits per heavy atom. The molecule has 0 radical (unpaired) electrons. The van der Waals surface area contributed by atoms with E-state index >= 15 is 0 Å². The summed E-state index contributed by atoms with van der Waals surface area (Å²) in [5, 5.41) is 5.39. The third kappa shape index (κ3) is 14.1. The Bertz CT molecular complexity index is 1630. The van der Waals surface area contributed by atoms with Crippen LogP contribution in [-0.2, 0) is 44.8 Å². The van der Waals surface area contributed by atoms with Crippen LogP contribution in [0.2, 0.25) is 0 Å². The number of hydrogen-bond acceptors (Lipinski definition) is 9. The minimum atomic E-state index is -4.59. The van der Waals surface area contributed by atoms with E-state index in [9.17, 15) is 40.8 Å². The zero-order valence-corrected chi connectivity index (χ0v) is 31.0. The lowest BCUT2D eigenvalue weighted by atomic mass is 9.85. The van der Waals surface area contributed by atoms with Gasteiger partial charge in [0.25, 0.3) is 0 Å². The van der Waals surface area contributed by atoms with Gasteiger partial charge in [0.15, 0.2) is 0 Å². The fourth-order valence-electron chi connectivity index (χ4n) is 5.36. The topological polar surface area (TPSA) is 166 Å².